The number of amides is 2. The maximum atomic E-state index is 12.0. The van der Waals surface area contributed by atoms with Gasteiger partial charge < -0.3 is 24.6 Å². The summed E-state index contributed by atoms with van der Waals surface area (Å²) in [6, 6.07) is 6.39. The molecule has 0 saturated heterocycles. The van der Waals surface area contributed by atoms with Crippen LogP contribution in [0.2, 0.25) is 5.02 Å². The summed E-state index contributed by atoms with van der Waals surface area (Å²) in [7, 11) is 1.48. The molecule has 1 heterocycles. The Hall–Kier alpha value is -3.07. The lowest BCUT2D eigenvalue weighted by Crippen LogP contribution is -2.21. The minimum absolute atomic E-state index is 0.00352. The molecule has 0 aliphatic carbocycles. The predicted molar refractivity (Wildman–Crippen MR) is 101 cm³/mol. The van der Waals surface area contributed by atoms with Crippen LogP contribution in [0.25, 0.3) is 0 Å². The molecule has 10 heteroatoms. The Bertz CT molecular complexity index is 852. The zero-order chi connectivity index (χ0) is 20.5. The molecule has 0 aliphatic rings. The zero-order valence-corrected chi connectivity index (χ0v) is 16.2. The highest BCUT2D eigenvalue weighted by atomic mass is 35.5. The highest BCUT2D eigenvalue weighted by Crippen LogP contribution is 2.27. The van der Waals surface area contributed by atoms with Crippen LogP contribution in [0, 0.1) is 6.92 Å². The van der Waals surface area contributed by atoms with Gasteiger partial charge in [-0.3, -0.25) is 14.4 Å². The first-order valence-corrected chi connectivity index (χ1v) is 8.77. The molecule has 0 radical (unpaired) electrons. The van der Waals surface area contributed by atoms with Crippen molar-refractivity contribution in [2.75, 3.05) is 24.4 Å². The molecule has 2 N–H and O–H groups in total. The summed E-state index contributed by atoms with van der Waals surface area (Å²) in [4.78, 5) is 35.3. The maximum absolute atomic E-state index is 12.0. The van der Waals surface area contributed by atoms with E-state index in [1.165, 1.54) is 13.2 Å². The van der Waals surface area contributed by atoms with Crippen LogP contribution in [0.4, 0.5) is 11.5 Å². The molecule has 0 spiro atoms. The van der Waals surface area contributed by atoms with Crippen LogP contribution in [0.15, 0.2) is 28.8 Å². The van der Waals surface area contributed by atoms with Crippen LogP contribution in [0.5, 0.6) is 5.75 Å². The largest absolute Gasteiger partial charge is 0.495 e. The Morgan fingerprint density at radius 3 is 2.61 bits per heavy atom. The van der Waals surface area contributed by atoms with Crippen LogP contribution in [0.1, 0.15) is 25.0 Å². The monoisotopic (exact) mass is 409 g/mol. The average Bonchev–Trinajstić information content (AvgIpc) is 3.05. The van der Waals surface area contributed by atoms with E-state index >= 15 is 0 Å². The van der Waals surface area contributed by atoms with Crippen molar-refractivity contribution in [1.29, 1.82) is 0 Å². The SMILES string of the molecule is COc1ccc(Cl)cc1NC(=O)CCCC(=O)OCC(=O)Nc1cc(C)on1. The van der Waals surface area contributed by atoms with Crippen molar-refractivity contribution in [3.05, 3.63) is 35.0 Å². The molecule has 2 aromatic rings. The van der Waals surface area contributed by atoms with Gasteiger partial charge in [0.05, 0.1) is 12.8 Å². The van der Waals surface area contributed by atoms with Crippen LogP contribution < -0.4 is 15.4 Å². The first-order valence-electron chi connectivity index (χ1n) is 8.39. The van der Waals surface area contributed by atoms with Crippen LogP contribution in [-0.4, -0.2) is 36.7 Å². The number of esters is 1. The predicted octanol–water partition coefficient (Wildman–Crippen LogP) is 2.94. The standard InChI is InChI=1S/C18H20ClN3O6/c1-11-8-15(22-28-11)21-17(24)10-27-18(25)5-3-4-16(23)20-13-9-12(19)6-7-14(13)26-2/h6-9H,3-5,10H2,1-2H3,(H,20,23)(H,21,22,24). The van der Waals surface area contributed by atoms with E-state index in [2.05, 4.69) is 15.8 Å². The molecule has 28 heavy (non-hydrogen) atoms. The first kappa shape index (κ1) is 21.2. The number of nitrogens with one attached hydrogen (secondary N) is 2. The Morgan fingerprint density at radius 1 is 1.14 bits per heavy atom. The number of carbonyl (C=O) groups excluding carboxylic acids is 3. The molecule has 2 amide bonds. The minimum atomic E-state index is -0.584. The van der Waals surface area contributed by atoms with Gasteiger partial charge in [-0.15, -0.1) is 0 Å². The molecular weight excluding hydrogens is 390 g/mol. The number of aromatic nitrogens is 1. The van der Waals surface area contributed by atoms with E-state index < -0.39 is 18.5 Å². The van der Waals surface area contributed by atoms with Gasteiger partial charge in [-0.2, -0.15) is 0 Å². The molecule has 1 aromatic heterocycles. The summed E-state index contributed by atoms with van der Waals surface area (Å²) >= 11 is 5.91. The molecular formula is C18H20ClN3O6. The summed E-state index contributed by atoms with van der Waals surface area (Å²) in [5.41, 5.74) is 0.447. The molecule has 9 nitrogen and oxygen atoms in total. The Labute approximate surface area is 166 Å². The van der Waals surface area contributed by atoms with Gasteiger partial charge in [0.25, 0.3) is 5.91 Å². The van der Waals surface area contributed by atoms with Crippen molar-refractivity contribution < 1.29 is 28.4 Å². The highest BCUT2D eigenvalue weighted by Gasteiger charge is 2.12. The fraction of sp³-hybridized carbons (Fsp3) is 0.333. The summed E-state index contributed by atoms with van der Waals surface area (Å²) in [6.07, 6.45) is 0.350. The normalized spacial score (nSPS) is 10.2. The quantitative estimate of drug-likeness (QED) is 0.611. The summed E-state index contributed by atoms with van der Waals surface area (Å²) in [5.74, 6) is -0.155. The lowest BCUT2D eigenvalue weighted by Gasteiger charge is -2.10. The van der Waals surface area contributed by atoms with Crippen LogP contribution in [-0.2, 0) is 19.1 Å². The fourth-order valence-electron chi connectivity index (χ4n) is 2.21. The lowest BCUT2D eigenvalue weighted by atomic mass is 10.2. The minimum Gasteiger partial charge on any atom is -0.495 e. The van der Waals surface area contributed by atoms with E-state index in [1.54, 1.807) is 25.1 Å². The average molecular weight is 410 g/mol. The van der Waals surface area contributed by atoms with Crippen molar-refractivity contribution >= 4 is 40.9 Å². The van der Waals surface area contributed by atoms with Crippen molar-refractivity contribution in [2.45, 2.75) is 26.2 Å². The molecule has 0 saturated carbocycles. The third kappa shape index (κ3) is 6.92. The van der Waals surface area contributed by atoms with E-state index in [0.29, 0.717) is 22.2 Å². The number of nitrogens with zero attached hydrogens (tertiary/aromatic N) is 1. The second-order valence-electron chi connectivity index (χ2n) is 5.78. The van der Waals surface area contributed by atoms with Gasteiger partial charge in [0.2, 0.25) is 5.91 Å². The number of hydrogen-bond acceptors (Lipinski definition) is 7. The molecule has 0 atom stereocenters. The second-order valence-corrected chi connectivity index (χ2v) is 6.21. The zero-order valence-electron chi connectivity index (χ0n) is 15.4. The molecule has 150 valence electrons. The molecule has 1 aromatic carbocycles. The molecule has 0 fully saturated rings. The van der Waals surface area contributed by atoms with Gasteiger partial charge in [0, 0.05) is 23.9 Å². The van der Waals surface area contributed by atoms with Crippen molar-refractivity contribution in [3.8, 4) is 5.75 Å². The summed E-state index contributed by atoms with van der Waals surface area (Å²) < 4.78 is 14.8. The van der Waals surface area contributed by atoms with Crippen LogP contribution >= 0.6 is 11.6 Å². The number of carbonyl (C=O) groups is 3. The number of methoxy groups -OCH3 is 1. The van der Waals surface area contributed by atoms with Gasteiger partial charge in [-0.1, -0.05) is 16.8 Å². The lowest BCUT2D eigenvalue weighted by molar-refractivity contribution is -0.147. The van der Waals surface area contributed by atoms with E-state index in [1.807, 2.05) is 0 Å². The van der Waals surface area contributed by atoms with Crippen molar-refractivity contribution in [1.82, 2.24) is 5.16 Å². The van der Waals surface area contributed by atoms with E-state index in [9.17, 15) is 14.4 Å². The van der Waals surface area contributed by atoms with Crippen LogP contribution in [0.3, 0.4) is 0 Å². The number of anilines is 2. The number of ether oxygens (including phenoxy) is 2. The fourth-order valence-corrected chi connectivity index (χ4v) is 2.38. The van der Waals surface area contributed by atoms with Gasteiger partial charge in [-0.25, -0.2) is 0 Å². The number of rotatable bonds is 9. The van der Waals surface area contributed by atoms with Gasteiger partial charge in [-0.05, 0) is 31.5 Å². The molecule has 0 unspecified atom stereocenters. The van der Waals surface area contributed by atoms with Gasteiger partial charge >= 0.3 is 5.97 Å². The van der Waals surface area contributed by atoms with Gasteiger partial charge in [0.15, 0.2) is 12.4 Å². The van der Waals surface area contributed by atoms with Crippen molar-refractivity contribution in [2.24, 2.45) is 0 Å². The Kier molecular flexibility index (Phi) is 7.82. The maximum Gasteiger partial charge on any atom is 0.306 e. The molecule has 0 aliphatic heterocycles. The van der Waals surface area contributed by atoms with E-state index in [-0.39, 0.29) is 31.0 Å². The molecule has 2 rings (SSSR count). The van der Waals surface area contributed by atoms with Crippen molar-refractivity contribution in [3.63, 3.8) is 0 Å². The highest BCUT2D eigenvalue weighted by molar-refractivity contribution is 6.31. The first-order chi connectivity index (χ1) is 13.4. The topological polar surface area (TPSA) is 120 Å². The summed E-state index contributed by atoms with van der Waals surface area (Å²) in [5, 5.41) is 9.15. The van der Waals surface area contributed by atoms with E-state index in [0.717, 1.165) is 0 Å². The summed E-state index contributed by atoms with van der Waals surface area (Å²) in [6.45, 7) is 1.23. The van der Waals surface area contributed by atoms with E-state index in [4.69, 9.17) is 25.6 Å². The number of halogens is 1. The Morgan fingerprint density at radius 2 is 1.93 bits per heavy atom. The molecule has 0 bridgehead atoms. The third-order valence-corrected chi connectivity index (χ3v) is 3.72. The number of aryl methyl sites for hydroxylation is 1. The second kappa shape index (κ2) is 10.3. The Balaban J connectivity index is 1.67. The number of benzene rings is 1. The smallest absolute Gasteiger partial charge is 0.306 e. The third-order valence-electron chi connectivity index (χ3n) is 3.48. The number of hydrogen-bond donors (Lipinski definition) is 2. The van der Waals surface area contributed by atoms with Gasteiger partial charge in [0.1, 0.15) is 11.5 Å².